The molecule has 1 amide bonds. The van der Waals surface area contributed by atoms with Gasteiger partial charge in [0.2, 0.25) is 0 Å². The van der Waals surface area contributed by atoms with E-state index in [0.717, 1.165) is 16.8 Å². The lowest BCUT2D eigenvalue weighted by Crippen LogP contribution is -2.12. The van der Waals surface area contributed by atoms with Gasteiger partial charge in [-0.2, -0.15) is 0 Å². The lowest BCUT2D eigenvalue weighted by molar-refractivity contribution is 0.102. The molecule has 23 heavy (non-hydrogen) atoms. The molecule has 0 fully saturated rings. The minimum Gasteiger partial charge on any atom is -0.322 e. The Hall–Kier alpha value is -3.01. The number of anilines is 1. The van der Waals surface area contributed by atoms with Crippen LogP contribution in [-0.2, 0) is 0 Å². The van der Waals surface area contributed by atoms with E-state index in [1.807, 2.05) is 31.2 Å². The van der Waals surface area contributed by atoms with Crippen LogP contribution in [0.25, 0.3) is 11.3 Å². The van der Waals surface area contributed by atoms with Crippen molar-refractivity contribution in [3.8, 4) is 11.3 Å². The zero-order chi connectivity index (χ0) is 16.2. The molecule has 1 N–H and O–H groups in total. The second kappa shape index (κ2) is 6.40. The second-order valence-corrected chi connectivity index (χ2v) is 5.26. The topological polar surface area (TPSA) is 42.0 Å². The van der Waals surface area contributed by atoms with Crippen molar-refractivity contribution in [3.63, 3.8) is 0 Å². The fourth-order valence-corrected chi connectivity index (χ4v) is 2.25. The summed E-state index contributed by atoms with van der Waals surface area (Å²) in [5.41, 5.74) is 3.79. The van der Waals surface area contributed by atoms with Crippen molar-refractivity contribution < 1.29 is 9.18 Å². The van der Waals surface area contributed by atoms with Crippen molar-refractivity contribution in [1.29, 1.82) is 0 Å². The lowest BCUT2D eigenvalue weighted by atomic mass is 10.1. The predicted octanol–water partition coefficient (Wildman–Crippen LogP) is 4.45. The molecule has 0 atom stereocenters. The van der Waals surface area contributed by atoms with Crippen LogP contribution in [0.3, 0.4) is 0 Å². The molecular formula is C19H15FN2O. The van der Waals surface area contributed by atoms with Crippen LogP contribution in [0.2, 0.25) is 0 Å². The van der Waals surface area contributed by atoms with Gasteiger partial charge in [-0.15, -0.1) is 0 Å². The number of aromatic nitrogens is 1. The summed E-state index contributed by atoms with van der Waals surface area (Å²) < 4.78 is 12.9. The van der Waals surface area contributed by atoms with Gasteiger partial charge in [0.05, 0.1) is 11.3 Å². The van der Waals surface area contributed by atoms with Gasteiger partial charge in [-0.3, -0.25) is 9.78 Å². The van der Waals surface area contributed by atoms with E-state index < -0.39 is 0 Å². The zero-order valence-corrected chi connectivity index (χ0v) is 12.6. The third-order valence-electron chi connectivity index (χ3n) is 3.44. The third kappa shape index (κ3) is 3.61. The monoisotopic (exact) mass is 306 g/mol. The molecule has 0 saturated carbocycles. The quantitative estimate of drug-likeness (QED) is 0.777. The first-order chi connectivity index (χ1) is 11.1. The molecule has 3 aromatic rings. The smallest absolute Gasteiger partial charge is 0.257 e. The zero-order valence-electron chi connectivity index (χ0n) is 12.6. The average molecular weight is 306 g/mol. The summed E-state index contributed by atoms with van der Waals surface area (Å²) in [6.07, 6.45) is 1.52. The first-order valence-electron chi connectivity index (χ1n) is 7.22. The van der Waals surface area contributed by atoms with Crippen LogP contribution in [0.4, 0.5) is 10.1 Å². The van der Waals surface area contributed by atoms with Crippen molar-refractivity contribution in [3.05, 3.63) is 83.8 Å². The number of amides is 1. The Morgan fingerprint density at radius 2 is 1.83 bits per heavy atom. The number of aryl methyl sites for hydroxylation is 1. The van der Waals surface area contributed by atoms with Crippen molar-refractivity contribution in [2.75, 3.05) is 5.32 Å². The van der Waals surface area contributed by atoms with E-state index in [9.17, 15) is 9.18 Å². The molecule has 0 spiro atoms. The highest BCUT2D eigenvalue weighted by molar-refractivity contribution is 6.04. The van der Waals surface area contributed by atoms with Gasteiger partial charge in [-0.05, 0) is 61.0 Å². The molecule has 3 nitrogen and oxygen atoms in total. The Morgan fingerprint density at radius 1 is 1.04 bits per heavy atom. The van der Waals surface area contributed by atoms with Gasteiger partial charge < -0.3 is 5.32 Å². The number of rotatable bonds is 3. The molecule has 3 rings (SSSR count). The molecule has 0 saturated heterocycles. The van der Waals surface area contributed by atoms with Gasteiger partial charge in [-0.1, -0.05) is 12.1 Å². The van der Waals surface area contributed by atoms with Crippen LogP contribution >= 0.6 is 0 Å². The predicted molar refractivity (Wildman–Crippen MR) is 88.8 cm³/mol. The van der Waals surface area contributed by atoms with Crippen LogP contribution in [0.1, 0.15) is 15.9 Å². The Morgan fingerprint density at radius 3 is 2.48 bits per heavy atom. The SMILES string of the molecule is Cc1cccc(NC(=O)c2ccc(-c3ccc(F)cc3)nc2)c1. The van der Waals surface area contributed by atoms with Gasteiger partial charge in [0, 0.05) is 17.4 Å². The lowest BCUT2D eigenvalue weighted by Gasteiger charge is -2.07. The summed E-state index contributed by atoms with van der Waals surface area (Å²) >= 11 is 0. The molecule has 4 heteroatoms. The van der Waals surface area contributed by atoms with Gasteiger partial charge >= 0.3 is 0 Å². The van der Waals surface area contributed by atoms with E-state index in [1.165, 1.54) is 18.3 Å². The van der Waals surface area contributed by atoms with E-state index in [-0.39, 0.29) is 11.7 Å². The number of pyridine rings is 1. The Balaban J connectivity index is 1.76. The molecule has 0 aliphatic heterocycles. The molecular weight excluding hydrogens is 291 g/mol. The highest BCUT2D eigenvalue weighted by Crippen LogP contribution is 2.18. The number of halogens is 1. The minimum atomic E-state index is -0.289. The Kier molecular flexibility index (Phi) is 4.15. The van der Waals surface area contributed by atoms with Crippen molar-refractivity contribution in [1.82, 2.24) is 4.98 Å². The number of nitrogens with zero attached hydrogens (tertiary/aromatic N) is 1. The number of carbonyl (C=O) groups is 1. The fourth-order valence-electron chi connectivity index (χ4n) is 2.25. The van der Waals surface area contributed by atoms with Gasteiger partial charge in [0.15, 0.2) is 0 Å². The first kappa shape index (κ1) is 14.9. The van der Waals surface area contributed by atoms with Crippen LogP contribution < -0.4 is 5.32 Å². The number of carbonyl (C=O) groups excluding carboxylic acids is 1. The minimum absolute atomic E-state index is 0.214. The third-order valence-corrected chi connectivity index (χ3v) is 3.44. The largest absolute Gasteiger partial charge is 0.322 e. The average Bonchev–Trinajstić information content (AvgIpc) is 2.56. The van der Waals surface area contributed by atoms with Gasteiger partial charge in [0.1, 0.15) is 5.82 Å². The molecule has 1 heterocycles. The molecule has 0 unspecified atom stereocenters. The van der Waals surface area contributed by atoms with Crippen LogP contribution in [0.15, 0.2) is 66.9 Å². The maximum Gasteiger partial charge on any atom is 0.257 e. The first-order valence-corrected chi connectivity index (χ1v) is 7.22. The molecule has 114 valence electrons. The standard InChI is InChI=1S/C19H15FN2O/c1-13-3-2-4-17(11-13)22-19(23)15-7-10-18(21-12-15)14-5-8-16(20)9-6-14/h2-12H,1H3,(H,22,23). The molecule has 1 aromatic heterocycles. The summed E-state index contributed by atoms with van der Waals surface area (Å²) in [6, 6.07) is 17.1. The summed E-state index contributed by atoms with van der Waals surface area (Å²) in [5, 5.41) is 2.84. The number of nitrogens with one attached hydrogen (secondary N) is 1. The van der Waals surface area contributed by atoms with Crippen LogP contribution in [0, 0.1) is 12.7 Å². The van der Waals surface area contributed by atoms with Crippen molar-refractivity contribution in [2.45, 2.75) is 6.92 Å². The summed E-state index contributed by atoms with van der Waals surface area (Å²) in [6.45, 7) is 1.97. The maximum atomic E-state index is 12.9. The maximum absolute atomic E-state index is 12.9. The molecule has 0 bridgehead atoms. The normalized spacial score (nSPS) is 10.3. The van der Waals surface area contributed by atoms with Crippen LogP contribution in [0.5, 0.6) is 0 Å². The molecule has 0 aliphatic carbocycles. The number of hydrogen-bond donors (Lipinski definition) is 1. The summed E-state index contributed by atoms with van der Waals surface area (Å²) in [5.74, 6) is -0.503. The number of hydrogen-bond acceptors (Lipinski definition) is 2. The fraction of sp³-hybridized carbons (Fsp3) is 0.0526. The highest BCUT2D eigenvalue weighted by atomic mass is 19.1. The van der Waals surface area contributed by atoms with E-state index in [2.05, 4.69) is 10.3 Å². The van der Waals surface area contributed by atoms with E-state index >= 15 is 0 Å². The van der Waals surface area contributed by atoms with Crippen molar-refractivity contribution in [2.24, 2.45) is 0 Å². The number of benzene rings is 2. The summed E-state index contributed by atoms with van der Waals surface area (Å²) in [4.78, 5) is 16.5. The second-order valence-electron chi connectivity index (χ2n) is 5.26. The van der Waals surface area contributed by atoms with Gasteiger partial charge in [-0.25, -0.2) is 4.39 Å². The molecule has 0 aliphatic rings. The Labute approximate surface area is 133 Å². The highest BCUT2D eigenvalue weighted by Gasteiger charge is 2.08. The summed E-state index contributed by atoms with van der Waals surface area (Å²) in [7, 11) is 0. The van der Waals surface area contributed by atoms with Gasteiger partial charge in [0.25, 0.3) is 5.91 Å². The van der Waals surface area contributed by atoms with Crippen LogP contribution in [-0.4, -0.2) is 10.9 Å². The Bertz CT molecular complexity index is 827. The molecule has 0 radical (unpaired) electrons. The van der Waals surface area contributed by atoms with E-state index in [4.69, 9.17) is 0 Å². The molecule has 2 aromatic carbocycles. The van der Waals surface area contributed by atoms with E-state index in [0.29, 0.717) is 11.3 Å². The van der Waals surface area contributed by atoms with Crippen molar-refractivity contribution >= 4 is 11.6 Å². The van der Waals surface area contributed by atoms with E-state index in [1.54, 1.807) is 24.3 Å².